The van der Waals surface area contributed by atoms with Gasteiger partial charge in [-0.25, -0.2) is 0 Å². The van der Waals surface area contributed by atoms with Crippen LogP contribution in [-0.4, -0.2) is 24.9 Å². The number of fused-ring (bicyclic) bond motifs is 1. The molecule has 1 aromatic carbocycles. The van der Waals surface area contributed by atoms with Crippen LogP contribution in [0.1, 0.15) is 42.1 Å². The fourth-order valence-electron chi connectivity index (χ4n) is 2.31. The van der Waals surface area contributed by atoms with Gasteiger partial charge in [0.1, 0.15) is 0 Å². The van der Waals surface area contributed by atoms with Crippen LogP contribution in [0.2, 0.25) is 0 Å². The normalized spacial score (nSPS) is 14.9. The Morgan fingerprint density at radius 2 is 2.05 bits per heavy atom. The lowest BCUT2D eigenvalue weighted by Gasteiger charge is -2.22. The highest BCUT2D eigenvalue weighted by molar-refractivity contribution is 6.09. The van der Waals surface area contributed by atoms with Crippen LogP contribution < -0.4 is 10.2 Å². The Labute approximate surface area is 113 Å². The fourth-order valence-corrected chi connectivity index (χ4v) is 2.31. The lowest BCUT2D eigenvalue weighted by atomic mass is 10.1. The number of anilines is 1. The lowest BCUT2D eigenvalue weighted by Crippen LogP contribution is -2.37. The molecule has 2 amide bonds. The molecule has 19 heavy (non-hydrogen) atoms. The van der Waals surface area contributed by atoms with Gasteiger partial charge < -0.3 is 10.2 Å². The van der Waals surface area contributed by atoms with Gasteiger partial charge in [0, 0.05) is 6.54 Å². The van der Waals surface area contributed by atoms with Crippen LogP contribution in [0, 0.1) is 6.92 Å². The van der Waals surface area contributed by atoms with Gasteiger partial charge in [-0.15, -0.1) is 0 Å². The van der Waals surface area contributed by atoms with Crippen LogP contribution >= 0.6 is 0 Å². The Morgan fingerprint density at radius 3 is 2.79 bits per heavy atom. The quantitative estimate of drug-likeness (QED) is 0.844. The molecule has 0 saturated heterocycles. The first-order valence-electron chi connectivity index (χ1n) is 6.82. The van der Waals surface area contributed by atoms with E-state index < -0.39 is 0 Å². The van der Waals surface area contributed by atoms with Gasteiger partial charge >= 0.3 is 0 Å². The Kier molecular flexibility index (Phi) is 4.20. The molecule has 0 aliphatic carbocycles. The van der Waals surface area contributed by atoms with Crippen molar-refractivity contribution in [2.45, 2.75) is 33.1 Å². The van der Waals surface area contributed by atoms with E-state index >= 15 is 0 Å². The summed E-state index contributed by atoms with van der Waals surface area (Å²) >= 11 is 0. The van der Waals surface area contributed by atoms with Crippen LogP contribution in [0.5, 0.6) is 0 Å². The van der Waals surface area contributed by atoms with E-state index in [0.29, 0.717) is 12.1 Å². The predicted molar refractivity (Wildman–Crippen MR) is 75.4 cm³/mol. The second-order valence-electron chi connectivity index (χ2n) is 4.96. The van der Waals surface area contributed by atoms with Crippen LogP contribution in [0.3, 0.4) is 0 Å². The summed E-state index contributed by atoms with van der Waals surface area (Å²) in [7, 11) is 0. The third-order valence-electron chi connectivity index (χ3n) is 3.37. The maximum atomic E-state index is 12.1. The zero-order valence-electron chi connectivity index (χ0n) is 11.5. The van der Waals surface area contributed by atoms with Crippen molar-refractivity contribution in [3.8, 4) is 0 Å². The highest BCUT2D eigenvalue weighted by Gasteiger charge is 2.25. The molecular formula is C15H20N2O2. The van der Waals surface area contributed by atoms with Crippen molar-refractivity contribution in [1.29, 1.82) is 0 Å². The highest BCUT2D eigenvalue weighted by atomic mass is 16.2. The minimum Gasteiger partial charge on any atom is -0.343 e. The Balaban J connectivity index is 2.33. The van der Waals surface area contributed by atoms with E-state index in [2.05, 4.69) is 12.2 Å². The topological polar surface area (TPSA) is 49.4 Å². The second kappa shape index (κ2) is 5.87. The first-order valence-corrected chi connectivity index (χ1v) is 6.82. The number of carbonyl (C=O) groups is 2. The lowest BCUT2D eigenvalue weighted by molar-refractivity contribution is -0.117. The molecule has 1 N–H and O–H groups in total. The molecule has 102 valence electrons. The summed E-state index contributed by atoms with van der Waals surface area (Å²) in [4.78, 5) is 25.8. The van der Waals surface area contributed by atoms with E-state index in [9.17, 15) is 9.59 Å². The minimum atomic E-state index is -0.162. The molecule has 0 fully saturated rings. The van der Waals surface area contributed by atoms with Crippen LogP contribution in [-0.2, 0) is 4.79 Å². The molecule has 4 heteroatoms. The summed E-state index contributed by atoms with van der Waals surface area (Å²) in [5.41, 5.74) is 2.36. The van der Waals surface area contributed by atoms with E-state index in [1.54, 1.807) is 4.90 Å². The molecule has 0 spiro atoms. The third kappa shape index (κ3) is 2.95. The average molecular weight is 260 g/mol. The number of hydrogen-bond donors (Lipinski definition) is 1. The second-order valence-corrected chi connectivity index (χ2v) is 4.96. The first-order chi connectivity index (χ1) is 9.13. The van der Waals surface area contributed by atoms with Gasteiger partial charge in [0.15, 0.2) is 0 Å². The van der Waals surface area contributed by atoms with Crippen molar-refractivity contribution in [2.75, 3.05) is 18.0 Å². The summed E-state index contributed by atoms with van der Waals surface area (Å²) in [6.07, 6.45) is 3.16. The molecule has 0 aromatic heterocycles. The van der Waals surface area contributed by atoms with Gasteiger partial charge in [-0.05, 0) is 25.5 Å². The predicted octanol–water partition coefficient (Wildman–Crippen LogP) is 2.26. The van der Waals surface area contributed by atoms with Crippen molar-refractivity contribution >= 4 is 17.5 Å². The first kappa shape index (κ1) is 13.6. The zero-order valence-corrected chi connectivity index (χ0v) is 11.5. The Bertz CT molecular complexity index is 497. The molecule has 4 nitrogen and oxygen atoms in total. The molecule has 0 radical (unpaired) electrons. The van der Waals surface area contributed by atoms with E-state index in [1.807, 2.05) is 25.1 Å². The van der Waals surface area contributed by atoms with E-state index in [-0.39, 0.29) is 18.4 Å². The number of nitrogens with one attached hydrogen (secondary N) is 1. The summed E-state index contributed by atoms with van der Waals surface area (Å²) in [5.74, 6) is -0.197. The monoisotopic (exact) mass is 260 g/mol. The molecule has 1 aliphatic heterocycles. The highest BCUT2D eigenvalue weighted by Crippen LogP contribution is 2.24. The number of rotatable bonds is 4. The van der Waals surface area contributed by atoms with Gasteiger partial charge in [-0.2, -0.15) is 0 Å². The zero-order chi connectivity index (χ0) is 13.8. The average Bonchev–Trinajstić information content (AvgIpc) is 2.51. The van der Waals surface area contributed by atoms with Crippen molar-refractivity contribution in [3.05, 3.63) is 29.3 Å². The van der Waals surface area contributed by atoms with Crippen molar-refractivity contribution in [2.24, 2.45) is 0 Å². The van der Waals surface area contributed by atoms with Crippen LogP contribution in [0.15, 0.2) is 18.2 Å². The number of benzene rings is 1. The summed E-state index contributed by atoms with van der Waals surface area (Å²) in [6.45, 7) is 4.84. The third-order valence-corrected chi connectivity index (χ3v) is 3.37. The van der Waals surface area contributed by atoms with Crippen LogP contribution in [0.4, 0.5) is 5.69 Å². The number of amides is 2. The van der Waals surface area contributed by atoms with Gasteiger partial charge in [-0.3, -0.25) is 9.59 Å². The molecule has 1 aromatic rings. The Hall–Kier alpha value is -1.84. The largest absolute Gasteiger partial charge is 0.343 e. The summed E-state index contributed by atoms with van der Waals surface area (Å²) in [5, 5.41) is 2.67. The van der Waals surface area contributed by atoms with Gasteiger partial charge in [0.05, 0.1) is 17.8 Å². The number of aryl methyl sites for hydroxylation is 1. The van der Waals surface area contributed by atoms with E-state index in [1.165, 1.54) is 0 Å². The molecule has 2 rings (SSSR count). The number of hydrogen-bond acceptors (Lipinski definition) is 2. The maximum absolute atomic E-state index is 12.1. The molecule has 1 heterocycles. The van der Waals surface area contributed by atoms with Gasteiger partial charge in [0.2, 0.25) is 5.91 Å². The maximum Gasteiger partial charge on any atom is 0.253 e. The van der Waals surface area contributed by atoms with Crippen molar-refractivity contribution in [1.82, 2.24) is 5.32 Å². The summed E-state index contributed by atoms with van der Waals surface area (Å²) in [6, 6.07) is 5.66. The fraction of sp³-hybridized carbons (Fsp3) is 0.467. The molecule has 0 atom stereocenters. The SMILES string of the molecule is CCCCCN1C(=O)CNC(=O)c2cc(C)ccc21. The van der Waals surface area contributed by atoms with Crippen molar-refractivity contribution in [3.63, 3.8) is 0 Å². The molecule has 0 saturated carbocycles. The number of unbranched alkanes of at least 4 members (excludes halogenated alkanes) is 2. The molecule has 1 aliphatic rings. The van der Waals surface area contributed by atoms with Gasteiger partial charge in [0.25, 0.3) is 5.91 Å². The van der Waals surface area contributed by atoms with Gasteiger partial charge in [-0.1, -0.05) is 31.4 Å². The van der Waals surface area contributed by atoms with Crippen LogP contribution in [0.25, 0.3) is 0 Å². The smallest absolute Gasteiger partial charge is 0.253 e. The minimum absolute atomic E-state index is 0.0351. The number of carbonyl (C=O) groups excluding carboxylic acids is 2. The molecular weight excluding hydrogens is 240 g/mol. The Morgan fingerprint density at radius 1 is 1.26 bits per heavy atom. The molecule has 0 unspecified atom stereocenters. The number of nitrogens with zero attached hydrogens (tertiary/aromatic N) is 1. The molecule has 0 bridgehead atoms. The summed E-state index contributed by atoms with van der Waals surface area (Å²) < 4.78 is 0. The van der Waals surface area contributed by atoms with E-state index in [0.717, 1.165) is 30.5 Å². The standard InChI is InChI=1S/C15H20N2O2/c1-3-4-5-8-17-13-7-6-11(2)9-12(13)15(19)16-10-14(17)18/h6-7,9H,3-5,8,10H2,1-2H3,(H,16,19). The van der Waals surface area contributed by atoms with Crippen molar-refractivity contribution < 1.29 is 9.59 Å². The van der Waals surface area contributed by atoms with E-state index in [4.69, 9.17) is 0 Å².